The fourth-order valence-electron chi connectivity index (χ4n) is 1.77. The van der Waals surface area contributed by atoms with Crippen LogP contribution in [0.25, 0.3) is 0 Å². The number of pyridine rings is 1. The molecule has 92 valence electrons. The van der Waals surface area contributed by atoms with Crippen molar-refractivity contribution in [3.63, 3.8) is 0 Å². The zero-order valence-electron chi connectivity index (χ0n) is 8.99. The lowest BCUT2D eigenvalue weighted by Crippen LogP contribution is -2.38. The predicted octanol–water partition coefficient (Wildman–Crippen LogP) is 1.89. The van der Waals surface area contributed by atoms with Gasteiger partial charge in [0.2, 0.25) is 0 Å². The van der Waals surface area contributed by atoms with Crippen molar-refractivity contribution in [1.82, 2.24) is 10.3 Å². The number of aliphatic hydroxyl groups is 1. The summed E-state index contributed by atoms with van der Waals surface area (Å²) in [5.74, 6) is 0.00537. The molecule has 0 radical (unpaired) electrons. The second kappa shape index (κ2) is 5.21. The number of nitrogens with zero attached hydrogens (tertiary/aromatic N) is 1. The van der Waals surface area contributed by atoms with Gasteiger partial charge in [-0.2, -0.15) is 0 Å². The van der Waals surface area contributed by atoms with E-state index in [1.807, 2.05) is 0 Å². The number of amides is 1. The van der Waals surface area contributed by atoms with Crippen LogP contribution in [-0.4, -0.2) is 28.6 Å². The molecular weight excluding hydrogens is 263 g/mol. The van der Waals surface area contributed by atoms with Gasteiger partial charge in [-0.25, -0.2) is 4.98 Å². The molecule has 1 fully saturated rings. The average Bonchev–Trinajstić information content (AvgIpc) is 2.26. The van der Waals surface area contributed by atoms with E-state index in [4.69, 9.17) is 28.3 Å². The fourth-order valence-corrected chi connectivity index (χ4v) is 2.10. The van der Waals surface area contributed by atoms with Crippen LogP contribution in [0.2, 0.25) is 10.2 Å². The monoisotopic (exact) mass is 274 g/mol. The maximum Gasteiger partial charge on any atom is 0.271 e. The molecule has 0 saturated heterocycles. The van der Waals surface area contributed by atoms with Gasteiger partial charge in [0, 0.05) is 6.54 Å². The van der Waals surface area contributed by atoms with Crippen LogP contribution < -0.4 is 5.32 Å². The molecule has 4 nitrogen and oxygen atoms in total. The highest BCUT2D eigenvalue weighted by Gasteiger charge is 2.27. The Balaban J connectivity index is 1.92. The van der Waals surface area contributed by atoms with Crippen LogP contribution in [0.5, 0.6) is 0 Å². The topological polar surface area (TPSA) is 62.2 Å². The molecule has 1 aromatic rings. The van der Waals surface area contributed by atoms with E-state index in [2.05, 4.69) is 10.3 Å². The Labute approximate surface area is 109 Å². The minimum atomic E-state index is -0.334. The standard InChI is InChI=1S/C11H12Cl2N2O2/c12-8-1-2-9(13)15-10(8)11(17)14-5-6-3-7(16)4-6/h1-2,6-7,16H,3-5H2,(H,14,17). The smallest absolute Gasteiger partial charge is 0.271 e. The molecule has 0 atom stereocenters. The number of hydrogen-bond donors (Lipinski definition) is 2. The molecule has 0 bridgehead atoms. The van der Waals surface area contributed by atoms with Gasteiger partial charge in [-0.15, -0.1) is 0 Å². The highest BCUT2D eigenvalue weighted by atomic mass is 35.5. The number of hydrogen-bond acceptors (Lipinski definition) is 3. The first-order valence-corrected chi connectivity index (χ1v) is 6.10. The Morgan fingerprint density at radius 2 is 2.18 bits per heavy atom. The minimum Gasteiger partial charge on any atom is -0.393 e. The molecule has 0 aromatic carbocycles. The maximum atomic E-state index is 11.8. The van der Waals surface area contributed by atoms with Crippen LogP contribution in [0.15, 0.2) is 12.1 Å². The van der Waals surface area contributed by atoms with Crippen molar-refractivity contribution >= 4 is 29.1 Å². The molecule has 2 N–H and O–H groups in total. The molecule has 0 unspecified atom stereocenters. The van der Waals surface area contributed by atoms with Crippen LogP contribution in [0, 0.1) is 5.92 Å². The molecule has 1 heterocycles. The van der Waals surface area contributed by atoms with Crippen molar-refractivity contribution in [2.24, 2.45) is 5.92 Å². The summed E-state index contributed by atoms with van der Waals surface area (Å²) in [4.78, 5) is 15.6. The van der Waals surface area contributed by atoms with E-state index in [1.54, 1.807) is 6.07 Å². The first-order chi connectivity index (χ1) is 8.06. The van der Waals surface area contributed by atoms with Crippen LogP contribution in [0.1, 0.15) is 23.3 Å². The number of halogens is 2. The van der Waals surface area contributed by atoms with E-state index >= 15 is 0 Å². The number of nitrogens with one attached hydrogen (secondary N) is 1. The Morgan fingerprint density at radius 3 is 2.82 bits per heavy atom. The zero-order valence-corrected chi connectivity index (χ0v) is 10.5. The third-order valence-electron chi connectivity index (χ3n) is 2.79. The lowest BCUT2D eigenvalue weighted by molar-refractivity contribution is 0.0420. The van der Waals surface area contributed by atoms with Crippen molar-refractivity contribution in [1.29, 1.82) is 0 Å². The lowest BCUT2D eigenvalue weighted by atomic mass is 9.82. The summed E-state index contributed by atoms with van der Waals surface area (Å²) < 4.78 is 0. The third kappa shape index (κ3) is 3.09. The summed E-state index contributed by atoms with van der Waals surface area (Å²) in [6.45, 7) is 0.528. The quantitative estimate of drug-likeness (QED) is 0.828. The van der Waals surface area contributed by atoms with Crippen LogP contribution >= 0.6 is 23.2 Å². The zero-order chi connectivity index (χ0) is 12.4. The molecule has 1 aliphatic rings. The molecular formula is C11H12Cl2N2O2. The molecule has 1 amide bonds. The van der Waals surface area contributed by atoms with Gasteiger partial charge < -0.3 is 10.4 Å². The van der Waals surface area contributed by atoms with E-state index in [9.17, 15) is 4.79 Å². The van der Waals surface area contributed by atoms with Crippen LogP contribution in [0.4, 0.5) is 0 Å². The van der Waals surface area contributed by atoms with E-state index < -0.39 is 0 Å². The van der Waals surface area contributed by atoms with Crippen molar-refractivity contribution in [2.45, 2.75) is 18.9 Å². The van der Waals surface area contributed by atoms with Gasteiger partial charge in [0.05, 0.1) is 11.1 Å². The SMILES string of the molecule is O=C(NCC1CC(O)C1)c1nc(Cl)ccc1Cl. The summed E-state index contributed by atoms with van der Waals surface area (Å²) >= 11 is 11.6. The molecule has 1 saturated carbocycles. The maximum absolute atomic E-state index is 11.8. The molecule has 17 heavy (non-hydrogen) atoms. The van der Waals surface area contributed by atoms with E-state index in [0.717, 1.165) is 12.8 Å². The largest absolute Gasteiger partial charge is 0.393 e. The average molecular weight is 275 g/mol. The van der Waals surface area contributed by atoms with Gasteiger partial charge >= 0.3 is 0 Å². The highest BCUT2D eigenvalue weighted by Crippen LogP contribution is 2.26. The third-order valence-corrected chi connectivity index (χ3v) is 3.30. The number of aliphatic hydroxyl groups excluding tert-OH is 1. The van der Waals surface area contributed by atoms with Crippen LogP contribution in [-0.2, 0) is 0 Å². The fraction of sp³-hybridized carbons (Fsp3) is 0.455. The van der Waals surface area contributed by atoms with Crippen molar-refractivity contribution < 1.29 is 9.90 Å². The summed E-state index contributed by atoms with van der Waals surface area (Å²) in [6, 6.07) is 3.07. The second-order valence-electron chi connectivity index (χ2n) is 4.17. The summed E-state index contributed by atoms with van der Waals surface area (Å²) in [7, 11) is 0. The number of rotatable bonds is 3. The Hall–Kier alpha value is -0.840. The second-order valence-corrected chi connectivity index (χ2v) is 4.96. The van der Waals surface area contributed by atoms with Gasteiger partial charge in [-0.1, -0.05) is 23.2 Å². The van der Waals surface area contributed by atoms with Gasteiger partial charge in [-0.05, 0) is 30.9 Å². The summed E-state index contributed by atoms with van der Waals surface area (Å²) in [5, 5.41) is 12.4. The summed E-state index contributed by atoms with van der Waals surface area (Å²) in [5.41, 5.74) is 0.138. The molecule has 1 aromatic heterocycles. The van der Waals surface area contributed by atoms with E-state index in [-0.39, 0.29) is 27.9 Å². The van der Waals surface area contributed by atoms with Gasteiger partial charge in [-0.3, -0.25) is 4.79 Å². The number of carbonyl (C=O) groups excluding carboxylic acids is 1. The van der Waals surface area contributed by atoms with Crippen molar-refractivity contribution in [3.8, 4) is 0 Å². The molecule has 2 rings (SSSR count). The predicted molar refractivity (Wildman–Crippen MR) is 65.3 cm³/mol. The van der Waals surface area contributed by atoms with Crippen LogP contribution in [0.3, 0.4) is 0 Å². The molecule has 6 heteroatoms. The van der Waals surface area contributed by atoms with Crippen molar-refractivity contribution in [3.05, 3.63) is 28.0 Å². The molecule has 0 spiro atoms. The minimum absolute atomic E-state index is 0.138. The Bertz CT molecular complexity index is 433. The van der Waals surface area contributed by atoms with Gasteiger partial charge in [0.25, 0.3) is 5.91 Å². The van der Waals surface area contributed by atoms with Crippen molar-refractivity contribution in [2.75, 3.05) is 6.54 Å². The van der Waals surface area contributed by atoms with E-state index in [1.165, 1.54) is 6.07 Å². The molecule has 0 aliphatic heterocycles. The lowest BCUT2D eigenvalue weighted by Gasteiger charge is -2.31. The highest BCUT2D eigenvalue weighted by molar-refractivity contribution is 6.34. The van der Waals surface area contributed by atoms with E-state index in [0.29, 0.717) is 12.5 Å². The normalized spacial score (nSPS) is 23.0. The molecule has 1 aliphatic carbocycles. The summed E-state index contributed by atoms with van der Waals surface area (Å²) in [6.07, 6.45) is 1.25. The van der Waals surface area contributed by atoms with Gasteiger partial charge in [0.1, 0.15) is 10.8 Å². The Morgan fingerprint density at radius 1 is 1.47 bits per heavy atom. The van der Waals surface area contributed by atoms with Gasteiger partial charge in [0.15, 0.2) is 0 Å². The Kier molecular flexibility index (Phi) is 3.86. The first-order valence-electron chi connectivity index (χ1n) is 5.34. The first kappa shape index (κ1) is 12.6. The number of carbonyl (C=O) groups is 1. The number of aromatic nitrogens is 1.